The standard InChI is InChI=1S/C26H30ClN5O2.C2H5N.C2H6/c1-31-15-3-4-22(31)17-29-26(33)25-16-24(13-14-28-25)34-23-11-9-21(10-12-23)32(2)18-30-20-7-5-19(27)6-8-20;1-3-2;1-2/h5-14,16,22,30H,3-4,15,17-18H2,1-2H3,(H,29,33);1H2,2H3;1-2H3. The molecule has 1 aliphatic rings. The quantitative estimate of drug-likeness (QED) is 0.243. The molecule has 0 spiro atoms. The van der Waals surface area contributed by atoms with Crippen molar-refractivity contribution in [2.75, 3.05) is 51.1 Å². The van der Waals surface area contributed by atoms with Gasteiger partial charge in [-0.15, -0.1) is 0 Å². The van der Waals surface area contributed by atoms with Crippen LogP contribution in [0, 0.1) is 0 Å². The van der Waals surface area contributed by atoms with Gasteiger partial charge in [-0.25, -0.2) is 0 Å². The maximum atomic E-state index is 12.5. The fourth-order valence-corrected chi connectivity index (χ4v) is 4.04. The highest BCUT2D eigenvalue weighted by molar-refractivity contribution is 6.30. The molecule has 1 aromatic heterocycles. The molecule has 210 valence electrons. The van der Waals surface area contributed by atoms with Crippen LogP contribution in [0.25, 0.3) is 0 Å². The van der Waals surface area contributed by atoms with Crippen molar-refractivity contribution in [2.45, 2.75) is 32.7 Å². The van der Waals surface area contributed by atoms with Crippen LogP contribution in [0.15, 0.2) is 71.9 Å². The number of aromatic nitrogens is 1. The van der Waals surface area contributed by atoms with Gasteiger partial charge in [0, 0.05) is 55.3 Å². The predicted molar refractivity (Wildman–Crippen MR) is 164 cm³/mol. The number of carbonyl (C=O) groups is 1. The van der Waals surface area contributed by atoms with Gasteiger partial charge in [-0.05, 0) is 87.7 Å². The summed E-state index contributed by atoms with van der Waals surface area (Å²) in [4.78, 5) is 24.4. The van der Waals surface area contributed by atoms with Crippen LogP contribution >= 0.6 is 11.6 Å². The van der Waals surface area contributed by atoms with Gasteiger partial charge in [0.15, 0.2) is 0 Å². The highest BCUT2D eigenvalue weighted by Gasteiger charge is 2.21. The van der Waals surface area contributed by atoms with Crippen molar-refractivity contribution in [1.82, 2.24) is 15.2 Å². The normalized spacial score (nSPS) is 14.2. The Morgan fingerprint density at radius 2 is 1.82 bits per heavy atom. The second kappa shape index (κ2) is 17.1. The van der Waals surface area contributed by atoms with E-state index in [-0.39, 0.29) is 5.91 Å². The van der Waals surface area contributed by atoms with Crippen LogP contribution in [0.4, 0.5) is 11.4 Å². The maximum absolute atomic E-state index is 12.5. The number of halogens is 1. The monoisotopic (exact) mass is 552 g/mol. The summed E-state index contributed by atoms with van der Waals surface area (Å²) < 4.78 is 5.96. The van der Waals surface area contributed by atoms with Crippen molar-refractivity contribution in [1.29, 1.82) is 0 Å². The van der Waals surface area contributed by atoms with Crippen LogP contribution in [0.3, 0.4) is 0 Å². The second-order valence-electron chi connectivity index (χ2n) is 8.82. The third-order valence-electron chi connectivity index (χ3n) is 6.01. The van der Waals surface area contributed by atoms with Gasteiger partial charge in [-0.1, -0.05) is 25.4 Å². The maximum Gasteiger partial charge on any atom is 0.270 e. The van der Waals surface area contributed by atoms with E-state index in [1.54, 1.807) is 25.4 Å². The van der Waals surface area contributed by atoms with E-state index in [0.717, 1.165) is 24.3 Å². The van der Waals surface area contributed by atoms with E-state index < -0.39 is 0 Å². The highest BCUT2D eigenvalue weighted by atomic mass is 35.5. The predicted octanol–water partition coefficient (Wildman–Crippen LogP) is 6.20. The number of amides is 1. The molecule has 9 heteroatoms. The first-order valence-electron chi connectivity index (χ1n) is 13.2. The molecule has 1 saturated heterocycles. The number of ether oxygens (including phenoxy) is 1. The smallest absolute Gasteiger partial charge is 0.270 e. The first-order valence-corrected chi connectivity index (χ1v) is 13.5. The molecule has 1 fully saturated rings. The van der Waals surface area contributed by atoms with Gasteiger partial charge in [0.2, 0.25) is 0 Å². The van der Waals surface area contributed by atoms with Crippen molar-refractivity contribution >= 4 is 35.6 Å². The van der Waals surface area contributed by atoms with Crippen molar-refractivity contribution in [3.63, 3.8) is 0 Å². The number of hydrogen-bond donors (Lipinski definition) is 2. The van der Waals surface area contributed by atoms with Gasteiger partial charge in [0.05, 0.1) is 6.67 Å². The summed E-state index contributed by atoms with van der Waals surface area (Å²) in [6, 6.07) is 19.2. The summed E-state index contributed by atoms with van der Waals surface area (Å²) in [6.07, 6.45) is 3.87. The third-order valence-corrected chi connectivity index (χ3v) is 6.26. The fourth-order valence-electron chi connectivity index (χ4n) is 3.91. The number of benzene rings is 2. The lowest BCUT2D eigenvalue weighted by Crippen LogP contribution is -2.38. The fraction of sp³-hybridized carbons (Fsp3) is 0.367. The zero-order valence-electron chi connectivity index (χ0n) is 23.7. The van der Waals surface area contributed by atoms with Crippen molar-refractivity contribution < 1.29 is 9.53 Å². The van der Waals surface area contributed by atoms with Crippen molar-refractivity contribution in [3.8, 4) is 11.5 Å². The zero-order chi connectivity index (χ0) is 28.6. The number of hydrogen-bond acceptors (Lipinski definition) is 7. The van der Waals surface area contributed by atoms with Gasteiger partial charge in [-0.3, -0.25) is 9.78 Å². The Balaban J connectivity index is 0.000000998. The number of anilines is 2. The largest absolute Gasteiger partial charge is 0.457 e. The summed E-state index contributed by atoms with van der Waals surface area (Å²) in [5, 5.41) is 7.07. The van der Waals surface area contributed by atoms with Crippen LogP contribution in [0.2, 0.25) is 5.02 Å². The zero-order valence-corrected chi connectivity index (χ0v) is 24.4. The Morgan fingerprint density at radius 1 is 1.15 bits per heavy atom. The number of rotatable bonds is 9. The Labute approximate surface area is 238 Å². The molecule has 2 heterocycles. The molecule has 1 atom stereocenters. The Bertz CT molecular complexity index is 1140. The number of pyridine rings is 1. The number of likely N-dealkylation sites (N-methyl/N-ethyl adjacent to an activating group) is 1. The molecular weight excluding hydrogens is 512 g/mol. The first kappa shape index (κ1) is 31.6. The molecule has 2 aromatic carbocycles. The molecular formula is C30H41ClN6O2. The van der Waals surface area contributed by atoms with Crippen molar-refractivity contribution in [3.05, 3.63) is 77.6 Å². The molecule has 1 aliphatic heterocycles. The van der Waals surface area contributed by atoms with E-state index in [0.29, 0.717) is 41.5 Å². The third kappa shape index (κ3) is 10.6. The number of likely N-dealkylation sites (tertiary alicyclic amines) is 1. The van der Waals surface area contributed by atoms with Gasteiger partial charge >= 0.3 is 0 Å². The summed E-state index contributed by atoms with van der Waals surface area (Å²) in [6.45, 7) is 9.46. The molecule has 0 bridgehead atoms. The van der Waals surface area contributed by atoms with Gasteiger partial charge < -0.3 is 30.2 Å². The molecule has 8 nitrogen and oxygen atoms in total. The lowest BCUT2D eigenvalue weighted by Gasteiger charge is -2.21. The molecule has 4 rings (SSSR count). The van der Waals surface area contributed by atoms with E-state index >= 15 is 0 Å². The van der Waals surface area contributed by atoms with Gasteiger partial charge in [-0.2, -0.15) is 0 Å². The molecule has 1 unspecified atom stereocenters. The molecule has 1 amide bonds. The van der Waals surface area contributed by atoms with Gasteiger partial charge in [0.1, 0.15) is 17.2 Å². The van der Waals surface area contributed by atoms with E-state index in [4.69, 9.17) is 16.3 Å². The Hall–Kier alpha value is -3.62. The van der Waals surface area contributed by atoms with E-state index in [9.17, 15) is 4.79 Å². The van der Waals surface area contributed by atoms with Gasteiger partial charge in [0.25, 0.3) is 5.91 Å². The van der Waals surface area contributed by atoms with E-state index in [1.165, 1.54) is 6.42 Å². The SMILES string of the molecule is C=NC.CC.CN(CNc1ccc(Cl)cc1)c1ccc(Oc2ccnc(C(=O)NCC3CCCN3C)c2)cc1. The molecule has 2 N–H and O–H groups in total. The summed E-state index contributed by atoms with van der Waals surface area (Å²) >= 11 is 5.94. The average molecular weight is 553 g/mol. The van der Waals surface area contributed by atoms with E-state index in [1.807, 2.05) is 69.4 Å². The number of nitrogens with zero attached hydrogens (tertiary/aromatic N) is 4. The minimum Gasteiger partial charge on any atom is -0.457 e. The first-order chi connectivity index (χ1) is 18.9. The molecule has 39 heavy (non-hydrogen) atoms. The molecule has 0 aliphatic carbocycles. The second-order valence-corrected chi connectivity index (χ2v) is 9.25. The lowest BCUT2D eigenvalue weighted by molar-refractivity contribution is 0.0938. The summed E-state index contributed by atoms with van der Waals surface area (Å²) in [5.74, 6) is 1.08. The van der Waals surface area contributed by atoms with Crippen LogP contribution in [0.1, 0.15) is 37.2 Å². The number of carbonyl (C=O) groups excluding carboxylic acids is 1. The summed E-state index contributed by atoms with van der Waals surface area (Å²) in [7, 11) is 5.74. The van der Waals surface area contributed by atoms with Crippen LogP contribution < -0.4 is 20.3 Å². The average Bonchev–Trinajstić information content (AvgIpc) is 3.37. The number of nitrogens with one attached hydrogen (secondary N) is 2. The molecule has 0 radical (unpaired) electrons. The minimum absolute atomic E-state index is 0.184. The van der Waals surface area contributed by atoms with Crippen LogP contribution in [-0.2, 0) is 0 Å². The molecule has 0 saturated carbocycles. The Morgan fingerprint density at radius 3 is 2.44 bits per heavy atom. The van der Waals surface area contributed by atoms with Crippen LogP contribution in [-0.4, -0.2) is 69.5 Å². The lowest BCUT2D eigenvalue weighted by atomic mass is 10.2. The molecule has 3 aromatic rings. The summed E-state index contributed by atoms with van der Waals surface area (Å²) in [5.41, 5.74) is 2.40. The highest BCUT2D eigenvalue weighted by Crippen LogP contribution is 2.25. The number of aliphatic imine (C=N–C) groups is 1. The van der Waals surface area contributed by atoms with E-state index in [2.05, 4.69) is 44.2 Å². The Kier molecular flexibility index (Phi) is 13.8. The van der Waals surface area contributed by atoms with Crippen LogP contribution in [0.5, 0.6) is 11.5 Å². The minimum atomic E-state index is -0.184. The van der Waals surface area contributed by atoms with Crippen molar-refractivity contribution in [2.24, 2.45) is 4.99 Å². The topological polar surface area (TPSA) is 82.1 Å².